The van der Waals surface area contributed by atoms with E-state index in [-0.39, 0.29) is 0 Å². The molecule has 2 aromatic carbocycles. The van der Waals surface area contributed by atoms with Gasteiger partial charge in [0, 0.05) is 42.8 Å². The van der Waals surface area contributed by atoms with Gasteiger partial charge in [0.2, 0.25) is 5.89 Å². The second kappa shape index (κ2) is 9.04. The molecular weight excluding hydrogens is 408 g/mol. The van der Waals surface area contributed by atoms with Crippen molar-refractivity contribution >= 4 is 34.3 Å². The Kier molecular flexibility index (Phi) is 5.80. The molecule has 0 radical (unpaired) electrons. The van der Waals surface area contributed by atoms with Gasteiger partial charge in [0.05, 0.1) is 0 Å². The zero-order chi connectivity index (χ0) is 22.8. The Hall–Kier alpha value is -3.70. The molecule has 5 nitrogen and oxygen atoms in total. The molecule has 0 unspecified atom stereocenters. The second-order valence-corrected chi connectivity index (χ2v) is 8.24. The third kappa shape index (κ3) is 4.20. The van der Waals surface area contributed by atoms with E-state index in [0.29, 0.717) is 17.1 Å². The summed E-state index contributed by atoms with van der Waals surface area (Å²) in [6.45, 7) is 7.50. The standard InChI is InChI=1S/C28H28N4O/c1-4-32(5-2)19-20-12-14-21(15-13-20)25-17-22(23-9-6-7-10-24(23)31(25)3)18-27-30-28-26(33-27)11-8-16-29-28/h6-18H,4-5,19H2,1-3H3/b22-18+. The molecule has 0 aliphatic carbocycles. The summed E-state index contributed by atoms with van der Waals surface area (Å²) in [7, 11) is 2.12. The maximum absolute atomic E-state index is 5.93. The predicted octanol–water partition coefficient (Wildman–Crippen LogP) is 6.10. The molecule has 1 aliphatic rings. The van der Waals surface area contributed by atoms with Crippen molar-refractivity contribution in [3.05, 3.63) is 95.5 Å². The molecule has 3 heterocycles. The van der Waals surface area contributed by atoms with Crippen molar-refractivity contribution in [2.45, 2.75) is 20.4 Å². The van der Waals surface area contributed by atoms with E-state index < -0.39 is 0 Å². The van der Waals surface area contributed by atoms with Crippen molar-refractivity contribution in [3.8, 4) is 0 Å². The van der Waals surface area contributed by atoms with Gasteiger partial charge >= 0.3 is 0 Å². The zero-order valence-electron chi connectivity index (χ0n) is 19.3. The van der Waals surface area contributed by atoms with E-state index in [1.54, 1.807) is 6.20 Å². The maximum Gasteiger partial charge on any atom is 0.222 e. The summed E-state index contributed by atoms with van der Waals surface area (Å²) in [5.74, 6) is 0.559. The third-order valence-electron chi connectivity index (χ3n) is 6.24. The van der Waals surface area contributed by atoms with Crippen LogP contribution in [0.3, 0.4) is 0 Å². The molecule has 0 atom stereocenters. The van der Waals surface area contributed by atoms with Crippen molar-refractivity contribution in [2.75, 3.05) is 25.0 Å². The summed E-state index contributed by atoms with van der Waals surface area (Å²) in [4.78, 5) is 13.5. The van der Waals surface area contributed by atoms with E-state index in [1.807, 2.05) is 18.2 Å². The van der Waals surface area contributed by atoms with E-state index in [1.165, 1.54) is 11.1 Å². The van der Waals surface area contributed by atoms with Crippen molar-refractivity contribution in [2.24, 2.45) is 0 Å². The van der Waals surface area contributed by atoms with Crippen molar-refractivity contribution in [1.82, 2.24) is 14.9 Å². The van der Waals surface area contributed by atoms with Crippen LogP contribution in [0.5, 0.6) is 0 Å². The smallest absolute Gasteiger partial charge is 0.222 e. The highest BCUT2D eigenvalue weighted by atomic mass is 16.3. The molecule has 166 valence electrons. The lowest BCUT2D eigenvalue weighted by molar-refractivity contribution is 0.296. The average Bonchev–Trinajstić information content (AvgIpc) is 3.27. The Morgan fingerprint density at radius 3 is 2.52 bits per heavy atom. The van der Waals surface area contributed by atoms with E-state index in [4.69, 9.17) is 4.42 Å². The topological polar surface area (TPSA) is 45.4 Å². The highest BCUT2D eigenvalue weighted by molar-refractivity contribution is 6.02. The molecule has 0 spiro atoms. The molecular formula is C28H28N4O. The number of hydrogen-bond donors (Lipinski definition) is 0. The van der Waals surface area contributed by atoms with Gasteiger partial charge in [-0.25, -0.2) is 4.98 Å². The fourth-order valence-corrected chi connectivity index (χ4v) is 4.33. The van der Waals surface area contributed by atoms with Gasteiger partial charge < -0.3 is 9.32 Å². The first-order valence-electron chi connectivity index (χ1n) is 11.5. The minimum absolute atomic E-state index is 0.559. The summed E-state index contributed by atoms with van der Waals surface area (Å²) in [5, 5.41) is 0. The number of hydrogen-bond acceptors (Lipinski definition) is 5. The Balaban J connectivity index is 1.54. The molecule has 0 bridgehead atoms. The van der Waals surface area contributed by atoms with Gasteiger partial charge in [0.25, 0.3) is 0 Å². The van der Waals surface area contributed by atoms with E-state index in [9.17, 15) is 0 Å². The van der Waals surface area contributed by atoms with Crippen LogP contribution in [0.15, 0.2) is 77.4 Å². The minimum atomic E-state index is 0.559. The summed E-state index contributed by atoms with van der Waals surface area (Å²) in [6.07, 6.45) is 5.95. The van der Waals surface area contributed by atoms with Crippen molar-refractivity contribution in [3.63, 3.8) is 0 Å². The normalized spacial score (nSPS) is 14.7. The third-order valence-corrected chi connectivity index (χ3v) is 6.24. The lowest BCUT2D eigenvalue weighted by Crippen LogP contribution is -2.22. The van der Waals surface area contributed by atoms with Crippen molar-refractivity contribution in [1.29, 1.82) is 0 Å². The molecule has 0 amide bonds. The molecule has 2 aromatic heterocycles. The van der Waals surface area contributed by atoms with Crippen molar-refractivity contribution < 1.29 is 4.42 Å². The number of oxazole rings is 1. The lowest BCUT2D eigenvalue weighted by Gasteiger charge is -2.30. The predicted molar refractivity (Wildman–Crippen MR) is 136 cm³/mol. The number of para-hydroxylation sites is 1. The van der Waals surface area contributed by atoms with Crippen LogP contribution in [0.4, 0.5) is 5.69 Å². The van der Waals surface area contributed by atoms with Crippen LogP contribution < -0.4 is 4.90 Å². The number of pyridine rings is 1. The zero-order valence-corrected chi connectivity index (χ0v) is 19.3. The maximum atomic E-state index is 5.93. The number of nitrogens with zero attached hydrogens (tertiary/aromatic N) is 4. The molecule has 1 aliphatic heterocycles. The Labute approximate surface area is 194 Å². The van der Waals surface area contributed by atoms with Gasteiger partial charge in [-0.1, -0.05) is 56.3 Å². The molecule has 0 saturated heterocycles. The van der Waals surface area contributed by atoms with Crippen LogP contribution in [0.25, 0.3) is 28.6 Å². The van der Waals surface area contributed by atoms with Gasteiger partial charge in [-0.15, -0.1) is 0 Å². The van der Waals surface area contributed by atoms with E-state index in [2.05, 4.69) is 95.3 Å². The number of rotatable bonds is 6. The SMILES string of the molecule is CCN(CC)Cc1ccc(C2=C/C(=C\c3nc4ncccc4o3)c3ccccc3N2C)cc1. The first kappa shape index (κ1) is 21.2. The summed E-state index contributed by atoms with van der Waals surface area (Å²) >= 11 is 0. The van der Waals surface area contributed by atoms with Crippen LogP contribution >= 0.6 is 0 Å². The van der Waals surface area contributed by atoms with Gasteiger partial charge in [-0.3, -0.25) is 4.90 Å². The quantitative estimate of drug-likeness (QED) is 0.366. The van der Waals surface area contributed by atoms with E-state index in [0.717, 1.165) is 42.2 Å². The molecule has 33 heavy (non-hydrogen) atoms. The highest BCUT2D eigenvalue weighted by Crippen LogP contribution is 2.39. The van der Waals surface area contributed by atoms with Crippen LogP contribution in [0.1, 0.15) is 36.4 Å². The fraction of sp³-hybridized carbons (Fsp3) is 0.214. The van der Waals surface area contributed by atoms with E-state index >= 15 is 0 Å². The highest BCUT2D eigenvalue weighted by Gasteiger charge is 2.21. The molecule has 0 N–H and O–H groups in total. The fourth-order valence-electron chi connectivity index (χ4n) is 4.33. The van der Waals surface area contributed by atoms with Gasteiger partial charge in [-0.2, -0.15) is 4.98 Å². The minimum Gasteiger partial charge on any atom is -0.435 e. The monoisotopic (exact) mass is 436 g/mol. The largest absolute Gasteiger partial charge is 0.435 e. The Morgan fingerprint density at radius 2 is 1.76 bits per heavy atom. The average molecular weight is 437 g/mol. The number of anilines is 1. The van der Waals surface area contributed by atoms with Crippen LogP contribution in [-0.4, -0.2) is 35.0 Å². The molecule has 0 saturated carbocycles. The number of aromatic nitrogens is 2. The number of fused-ring (bicyclic) bond motifs is 2. The summed E-state index contributed by atoms with van der Waals surface area (Å²) < 4.78 is 5.93. The molecule has 4 aromatic rings. The Bertz CT molecular complexity index is 1300. The first-order valence-corrected chi connectivity index (χ1v) is 11.5. The number of allylic oxidation sites excluding steroid dienone is 2. The molecule has 5 heteroatoms. The van der Waals surface area contributed by atoms with Gasteiger partial charge in [0.15, 0.2) is 11.2 Å². The van der Waals surface area contributed by atoms with Crippen LogP contribution in [0.2, 0.25) is 0 Å². The van der Waals surface area contributed by atoms with Crippen LogP contribution in [-0.2, 0) is 6.54 Å². The first-order chi connectivity index (χ1) is 16.2. The summed E-state index contributed by atoms with van der Waals surface area (Å²) in [5.41, 5.74) is 8.34. The Morgan fingerprint density at radius 1 is 0.970 bits per heavy atom. The molecule has 0 fully saturated rings. The summed E-state index contributed by atoms with van der Waals surface area (Å²) in [6, 6.07) is 21.1. The second-order valence-electron chi connectivity index (χ2n) is 8.24. The van der Waals surface area contributed by atoms with Crippen LogP contribution in [0, 0.1) is 0 Å². The van der Waals surface area contributed by atoms with Gasteiger partial charge in [-0.05, 0) is 54.1 Å². The molecule has 5 rings (SSSR count). The lowest BCUT2D eigenvalue weighted by atomic mass is 9.94. The van der Waals surface area contributed by atoms with Gasteiger partial charge in [0.1, 0.15) is 0 Å². The number of benzene rings is 2.